The van der Waals surface area contributed by atoms with Crippen molar-refractivity contribution in [1.82, 2.24) is 14.8 Å². The van der Waals surface area contributed by atoms with Gasteiger partial charge < -0.3 is 9.64 Å². The van der Waals surface area contributed by atoms with E-state index in [0.717, 1.165) is 32.2 Å². The Balaban J connectivity index is 1.38. The highest BCUT2D eigenvalue weighted by Crippen LogP contribution is 2.36. The van der Waals surface area contributed by atoms with Crippen LogP contribution < -0.4 is 0 Å². The van der Waals surface area contributed by atoms with Crippen molar-refractivity contribution in [1.29, 1.82) is 0 Å². The van der Waals surface area contributed by atoms with Crippen LogP contribution in [0.15, 0.2) is 11.6 Å². The summed E-state index contributed by atoms with van der Waals surface area (Å²) in [5.74, 6) is 0.980. The van der Waals surface area contributed by atoms with Gasteiger partial charge >= 0.3 is 0 Å². The Labute approximate surface area is 131 Å². The lowest BCUT2D eigenvalue weighted by Gasteiger charge is -2.32. The zero-order valence-corrected chi connectivity index (χ0v) is 13.5. The molecule has 3 aliphatic rings. The Morgan fingerprint density at radius 3 is 3.00 bits per heavy atom. The van der Waals surface area contributed by atoms with Crippen LogP contribution in [-0.2, 0) is 11.3 Å². The molecule has 0 bridgehead atoms. The molecular formula is C16H25N3OS. The van der Waals surface area contributed by atoms with E-state index in [-0.39, 0.29) is 0 Å². The maximum Gasteiger partial charge on any atom is 0.107 e. The topological polar surface area (TPSA) is 28.6 Å². The quantitative estimate of drug-likeness (QED) is 0.851. The van der Waals surface area contributed by atoms with E-state index < -0.39 is 0 Å². The van der Waals surface area contributed by atoms with Gasteiger partial charge in [0.2, 0.25) is 0 Å². The van der Waals surface area contributed by atoms with Crippen LogP contribution in [0.2, 0.25) is 0 Å². The molecule has 2 saturated heterocycles. The third-order valence-corrected chi connectivity index (χ3v) is 5.86. The largest absolute Gasteiger partial charge is 0.379 e. The Kier molecular flexibility index (Phi) is 4.00. The lowest BCUT2D eigenvalue weighted by Crippen LogP contribution is -2.41. The van der Waals surface area contributed by atoms with E-state index in [1.165, 1.54) is 50.4 Å². The summed E-state index contributed by atoms with van der Waals surface area (Å²) in [6.07, 6.45) is 6.08. The predicted octanol–water partition coefficient (Wildman–Crippen LogP) is 2.08. The number of rotatable bonds is 4. The van der Waals surface area contributed by atoms with Crippen molar-refractivity contribution in [3.05, 3.63) is 16.6 Å². The molecule has 0 N–H and O–H groups in total. The van der Waals surface area contributed by atoms with E-state index in [1.807, 2.05) is 6.20 Å². The van der Waals surface area contributed by atoms with Crippen molar-refractivity contribution < 1.29 is 4.74 Å². The molecule has 116 valence electrons. The highest BCUT2D eigenvalue weighted by Gasteiger charge is 2.41. The molecule has 3 fully saturated rings. The van der Waals surface area contributed by atoms with Crippen LogP contribution >= 0.6 is 11.3 Å². The van der Waals surface area contributed by atoms with Crippen LogP contribution in [0.3, 0.4) is 0 Å². The van der Waals surface area contributed by atoms with Gasteiger partial charge in [-0.15, -0.1) is 11.3 Å². The van der Waals surface area contributed by atoms with Gasteiger partial charge in [-0.25, -0.2) is 4.98 Å². The second kappa shape index (κ2) is 5.95. The van der Waals surface area contributed by atoms with Gasteiger partial charge in [0.25, 0.3) is 0 Å². The van der Waals surface area contributed by atoms with E-state index in [9.17, 15) is 0 Å². The molecule has 1 saturated carbocycles. The van der Waals surface area contributed by atoms with Crippen molar-refractivity contribution in [3.63, 3.8) is 0 Å². The molecule has 1 aromatic rings. The first-order chi connectivity index (χ1) is 10.3. The molecule has 1 aliphatic carbocycles. The summed E-state index contributed by atoms with van der Waals surface area (Å²) in [6, 6.07) is 0. The standard InChI is InChI=1S/C16H25N3OS/c1-2-14(1)9-19-6-7-20-13-16(12-19)3-5-18(11-16)10-15-17-4-8-21-15/h4,8,14H,1-3,5-7,9-13H2/t16-/m1/s1. The predicted molar refractivity (Wildman–Crippen MR) is 84.4 cm³/mol. The van der Waals surface area contributed by atoms with Gasteiger partial charge in [0.05, 0.1) is 19.8 Å². The fraction of sp³-hybridized carbons (Fsp3) is 0.812. The monoisotopic (exact) mass is 307 g/mol. The number of hydrogen-bond donors (Lipinski definition) is 0. The fourth-order valence-corrected chi connectivity index (χ4v) is 4.49. The Morgan fingerprint density at radius 2 is 2.19 bits per heavy atom. The molecule has 21 heavy (non-hydrogen) atoms. The van der Waals surface area contributed by atoms with Crippen LogP contribution in [0.1, 0.15) is 24.3 Å². The lowest BCUT2D eigenvalue weighted by atomic mass is 9.87. The molecule has 0 amide bonds. The average molecular weight is 307 g/mol. The molecular weight excluding hydrogens is 282 g/mol. The number of hydrogen-bond acceptors (Lipinski definition) is 5. The smallest absolute Gasteiger partial charge is 0.107 e. The molecule has 4 rings (SSSR count). The summed E-state index contributed by atoms with van der Waals surface area (Å²) >= 11 is 1.77. The van der Waals surface area contributed by atoms with Gasteiger partial charge in [0.1, 0.15) is 5.01 Å². The van der Waals surface area contributed by atoms with E-state index >= 15 is 0 Å². The third kappa shape index (κ3) is 3.47. The van der Waals surface area contributed by atoms with Gasteiger partial charge in [0, 0.05) is 43.2 Å². The minimum Gasteiger partial charge on any atom is -0.379 e. The summed E-state index contributed by atoms with van der Waals surface area (Å²) in [5.41, 5.74) is 0.364. The van der Waals surface area contributed by atoms with E-state index in [1.54, 1.807) is 11.3 Å². The van der Waals surface area contributed by atoms with Crippen molar-refractivity contribution in [2.75, 3.05) is 45.9 Å². The first kappa shape index (κ1) is 14.1. The number of thiazole rings is 1. The summed E-state index contributed by atoms with van der Waals surface area (Å²) in [7, 11) is 0. The van der Waals surface area contributed by atoms with E-state index in [0.29, 0.717) is 5.41 Å². The molecule has 0 aromatic carbocycles. The average Bonchev–Trinajstić information content (AvgIpc) is 3.04. The van der Waals surface area contributed by atoms with Crippen LogP contribution in [-0.4, -0.2) is 60.7 Å². The molecule has 2 aliphatic heterocycles. The highest BCUT2D eigenvalue weighted by molar-refractivity contribution is 7.09. The molecule has 1 atom stereocenters. The molecule has 1 aromatic heterocycles. The van der Waals surface area contributed by atoms with E-state index in [2.05, 4.69) is 20.2 Å². The highest BCUT2D eigenvalue weighted by atomic mass is 32.1. The number of nitrogens with zero attached hydrogens (tertiary/aromatic N) is 3. The zero-order valence-electron chi connectivity index (χ0n) is 12.7. The van der Waals surface area contributed by atoms with Crippen LogP contribution in [0.4, 0.5) is 0 Å². The van der Waals surface area contributed by atoms with Crippen molar-refractivity contribution in [2.24, 2.45) is 11.3 Å². The number of ether oxygens (including phenoxy) is 1. The number of aromatic nitrogens is 1. The first-order valence-electron chi connectivity index (χ1n) is 8.22. The summed E-state index contributed by atoms with van der Waals surface area (Å²) in [6.45, 7) is 8.92. The van der Waals surface area contributed by atoms with Gasteiger partial charge in [-0.3, -0.25) is 4.90 Å². The second-order valence-corrected chi connectivity index (χ2v) is 8.10. The van der Waals surface area contributed by atoms with E-state index in [4.69, 9.17) is 4.74 Å². The SMILES string of the molecule is c1csc(CN2CC[C@@]3(COCCN(CC4CC4)C3)C2)n1. The Hall–Kier alpha value is -0.490. The maximum atomic E-state index is 5.97. The van der Waals surface area contributed by atoms with Gasteiger partial charge in [-0.2, -0.15) is 0 Å². The zero-order chi connectivity index (χ0) is 14.1. The van der Waals surface area contributed by atoms with Gasteiger partial charge in [-0.1, -0.05) is 0 Å². The number of likely N-dealkylation sites (tertiary alicyclic amines) is 1. The molecule has 1 spiro atoms. The molecule has 0 radical (unpaired) electrons. The fourth-order valence-electron chi connectivity index (χ4n) is 3.83. The summed E-state index contributed by atoms with van der Waals surface area (Å²) < 4.78 is 5.97. The first-order valence-corrected chi connectivity index (χ1v) is 9.10. The van der Waals surface area contributed by atoms with Crippen molar-refractivity contribution in [3.8, 4) is 0 Å². The molecule has 4 nitrogen and oxygen atoms in total. The second-order valence-electron chi connectivity index (χ2n) is 7.12. The van der Waals surface area contributed by atoms with Crippen LogP contribution in [0.25, 0.3) is 0 Å². The Morgan fingerprint density at radius 1 is 1.29 bits per heavy atom. The molecule has 5 heteroatoms. The normalized spacial score (nSPS) is 31.8. The van der Waals surface area contributed by atoms with Crippen molar-refractivity contribution >= 4 is 11.3 Å². The van der Waals surface area contributed by atoms with Crippen LogP contribution in [0.5, 0.6) is 0 Å². The minimum atomic E-state index is 0.364. The third-order valence-electron chi connectivity index (χ3n) is 5.09. The minimum absolute atomic E-state index is 0.364. The maximum absolute atomic E-state index is 5.97. The summed E-state index contributed by atoms with van der Waals surface area (Å²) in [5, 5.41) is 3.32. The molecule has 3 heterocycles. The van der Waals surface area contributed by atoms with Gasteiger partial charge in [0.15, 0.2) is 0 Å². The van der Waals surface area contributed by atoms with Crippen LogP contribution in [0, 0.1) is 11.3 Å². The summed E-state index contributed by atoms with van der Waals surface area (Å²) in [4.78, 5) is 9.68. The van der Waals surface area contributed by atoms with Crippen molar-refractivity contribution in [2.45, 2.75) is 25.8 Å². The van der Waals surface area contributed by atoms with Gasteiger partial charge in [-0.05, 0) is 31.7 Å². The lowest BCUT2D eigenvalue weighted by molar-refractivity contribution is 0.0707. The molecule has 0 unspecified atom stereocenters. The Bertz CT molecular complexity index is 462.